The van der Waals surface area contributed by atoms with Gasteiger partial charge in [-0.3, -0.25) is 4.57 Å². The molecule has 0 aliphatic carbocycles. The van der Waals surface area contributed by atoms with Crippen LogP contribution in [0.15, 0.2) is 31.1 Å². The first-order valence-electron chi connectivity index (χ1n) is 3.40. The molecular weight excluding hydrogens is 172 g/mol. The summed E-state index contributed by atoms with van der Waals surface area (Å²) in [6.45, 7) is 0. The molecule has 2 heterocycles. The molecule has 0 aliphatic heterocycles. The highest BCUT2D eigenvalue weighted by molar-refractivity contribution is 7.80. The van der Waals surface area contributed by atoms with Gasteiger partial charge in [0.15, 0.2) is 10.8 Å². The van der Waals surface area contributed by atoms with Crippen LogP contribution in [0.1, 0.15) is 5.82 Å². The standard InChI is InChI=1S/C7H6N4S/c12-7(6-9-1-2-10-6)11-4-3-8-5-11/h1-5H,(H,9,10). The Morgan fingerprint density at radius 3 is 3.00 bits per heavy atom. The predicted molar refractivity (Wildman–Crippen MR) is 47.9 cm³/mol. The highest BCUT2D eigenvalue weighted by Crippen LogP contribution is 1.96. The van der Waals surface area contributed by atoms with E-state index in [9.17, 15) is 0 Å². The lowest BCUT2D eigenvalue weighted by atomic mass is 10.6. The first-order valence-corrected chi connectivity index (χ1v) is 3.81. The highest BCUT2D eigenvalue weighted by atomic mass is 32.1. The van der Waals surface area contributed by atoms with Crippen molar-refractivity contribution >= 4 is 17.2 Å². The van der Waals surface area contributed by atoms with Gasteiger partial charge in [-0.2, -0.15) is 0 Å². The minimum atomic E-state index is 0.623. The highest BCUT2D eigenvalue weighted by Gasteiger charge is 2.03. The van der Waals surface area contributed by atoms with Gasteiger partial charge in [0.25, 0.3) is 0 Å². The van der Waals surface area contributed by atoms with Crippen LogP contribution in [0.5, 0.6) is 0 Å². The van der Waals surface area contributed by atoms with E-state index in [1.54, 1.807) is 35.7 Å². The van der Waals surface area contributed by atoms with Gasteiger partial charge < -0.3 is 4.98 Å². The second kappa shape index (κ2) is 2.86. The number of nitrogens with zero attached hydrogens (tertiary/aromatic N) is 3. The number of H-pyrrole nitrogens is 1. The fourth-order valence-electron chi connectivity index (χ4n) is 0.884. The molecule has 2 aromatic rings. The molecule has 60 valence electrons. The topological polar surface area (TPSA) is 46.5 Å². The molecule has 5 heteroatoms. The second-order valence-electron chi connectivity index (χ2n) is 2.21. The quantitative estimate of drug-likeness (QED) is 0.658. The van der Waals surface area contributed by atoms with E-state index in [0.717, 1.165) is 0 Å². The Balaban J connectivity index is 2.34. The SMILES string of the molecule is S=C(c1ncc[nH]1)n1ccnc1. The van der Waals surface area contributed by atoms with Crippen molar-refractivity contribution in [3.8, 4) is 0 Å². The number of imidazole rings is 2. The molecule has 0 saturated heterocycles. The molecule has 0 atom stereocenters. The van der Waals surface area contributed by atoms with Crippen molar-refractivity contribution in [1.29, 1.82) is 0 Å². The lowest BCUT2D eigenvalue weighted by molar-refractivity contribution is 1.12. The number of nitrogens with one attached hydrogen (secondary N) is 1. The van der Waals surface area contributed by atoms with Gasteiger partial charge in [-0.1, -0.05) is 12.2 Å². The zero-order valence-electron chi connectivity index (χ0n) is 6.14. The maximum absolute atomic E-state index is 5.12. The van der Waals surface area contributed by atoms with Gasteiger partial charge in [0.2, 0.25) is 0 Å². The third kappa shape index (κ3) is 1.14. The monoisotopic (exact) mass is 178 g/mol. The summed E-state index contributed by atoms with van der Waals surface area (Å²) in [4.78, 5) is 11.5. The van der Waals surface area contributed by atoms with Crippen molar-refractivity contribution in [3.63, 3.8) is 0 Å². The lowest BCUT2D eigenvalue weighted by Gasteiger charge is -1.98. The smallest absolute Gasteiger partial charge is 0.165 e. The molecule has 2 aromatic heterocycles. The summed E-state index contributed by atoms with van der Waals surface area (Å²) >= 11 is 5.12. The molecule has 0 radical (unpaired) electrons. The first-order chi connectivity index (χ1) is 5.88. The predicted octanol–water partition coefficient (Wildman–Crippen LogP) is 0.830. The van der Waals surface area contributed by atoms with E-state index < -0.39 is 0 Å². The van der Waals surface area contributed by atoms with Crippen LogP contribution in [0.25, 0.3) is 0 Å². The van der Waals surface area contributed by atoms with Crippen LogP contribution in [-0.2, 0) is 0 Å². The summed E-state index contributed by atoms with van der Waals surface area (Å²) in [5.41, 5.74) is 0. The molecule has 2 rings (SSSR count). The maximum atomic E-state index is 5.12. The Labute approximate surface area is 74.3 Å². The Morgan fingerprint density at radius 2 is 2.42 bits per heavy atom. The number of thiocarbonyl (C=S) groups is 1. The van der Waals surface area contributed by atoms with E-state index in [-0.39, 0.29) is 0 Å². The van der Waals surface area contributed by atoms with E-state index in [1.807, 2.05) is 0 Å². The van der Waals surface area contributed by atoms with E-state index in [4.69, 9.17) is 12.2 Å². The van der Waals surface area contributed by atoms with Crippen molar-refractivity contribution in [2.75, 3.05) is 0 Å². The average molecular weight is 178 g/mol. The molecule has 12 heavy (non-hydrogen) atoms. The van der Waals surface area contributed by atoms with Gasteiger partial charge in [-0.15, -0.1) is 0 Å². The summed E-state index contributed by atoms with van der Waals surface area (Å²) in [5, 5.41) is 0. The van der Waals surface area contributed by atoms with Crippen molar-refractivity contribution in [2.45, 2.75) is 0 Å². The van der Waals surface area contributed by atoms with Crippen LogP contribution >= 0.6 is 12.2 Å². The molecule has 0 fully saturated rings. The molecule has 0 aromatic carbocycles. The van der Waals surface area contributed by atoms with E-state index >= 15 is 0 Å². The molecule has 0 unspecified atom stereocenters. The molecule has 0 saturated carbocycles. The van der Waals surface area contributed by atoms with E-state index in [1.165, 1.54) is 0 Å². The zero-order valence-corrected chi connectivity index (χ0v) is 6.95. The number of rotatable bonds is 1. The summed E-state index contributed by atoms with van der Waals surface area (Å²) < 4.78 is 1.73. The van der Waals surface area contributed by atoms with Crippen LogP contribution < -0.4 is 0 Å². The Bertz CT molecular complexity index is 326. The molecule has 0 amide bonds. The van der Waals surface area contributed by atoms with E-state index in [2.05, 4.69) is 15.0 Å². The molecule has 1 N–H and O–H groups in total. The normalized spacial score (nSPS) is 10.0. The molecule has 0 spiro atoms. The average Bonchev–Trinajstić information content (AvgIpc) is 2.77. The Kier molecular flexibility index (Phi) is 1.71. The van der Waals surface area contributed by atoms with Gasteiger partial charge in [-0.25, -0.2) is 9.97 Å². The number of hydrogen-bond donors (Lipinski definition) is 1. The molecule has 0 aliphatic rings. The minimum absolute atomic E-state index is 0.623. The van der Waals surface area contributed by atoms with Crippen LogP contribution in [0, 0.1) is 0 Å². The molecule has 0 bridgehead atoms. The minimum Gasteiger partial charge on any atom is -0.343 e. The van der Waals surface area contributed by atoms with Gasteiger partial charge in [0.1, 0.15) is 0 Å². The van der Waals surface area contributed by atoms with Crippen molar-refractivity contribution in [1.82, 2.24) is 19.5 Å². The number of aromatic amines is 1. The zero-order chi connectivity index (χ0) is 8.39. The third-order valence-electron chi connectivity index (χ3n) is 1.44. The Morgan fingerprint density at radius 1 is 1.50 bits per heavy atom. The number of aromatic nitrogens is 4. The van der Waals surface area contributed by atoms with Crippen molar-refractivity contribution in [2.24, 2.45) is 0 Å². The van der Waals surface area contributed by atoms with Crippen LogP contribution in [0.2, 0.25) is 0 Å². The fourth-order valence-corrected chi connectivity index (χ4v) is 1.10. The van der Waals surface area contributed by atoms with Crippen molar-refractivity contribution < 1.29 is 0 Å². The van der Waals surface area contributed by atoms with Crippen LogP contribution in [0.3, 0.4) is 0 Å². The first kappa shape index (κ1) is 7.17. The lowest BCUT2D eigenvalue weighted by Crippen LogP contribution is -2.09. The largest absolute Gasteiger partial charge is 0.343 e. The Hall–Kier alpha value is -1.49. The van der Waals surface area contributed by atoms with E-state index in [0.29, 0.717) is 10.8 Å². The maximum Gasteiger partial charge on any atom is 0.165 e. The van der Waals surface area contributed by atoms with Crippen LogP contribution in [0.4, 0.5) is 0 Å². The second-order valence-corrected chi connectivity index (χ2v) is 2.60. The summed E-state index contributed by atoms with van der Waals surface area (Å²) in [6.07, 6.45) is 8.50. The molecular formula is C7H6N4S. The number of hydrogen-bond acceptors (Lipinski definition) is 3. The summed E-state index contributed by atoms with van der Waals surface area (Å²) in [6, 6.07) is 0. The van der Waals surface area contributed by atoms with Crippen molar-refractivity contribution in [3.05, 3.63) is 36.9 Å². The van der Waals surface area contributed by atoms with Gasteiger partial charge in [-0.05, 0) is 0 Å². The summed E-state index contributed by atoms with van der Waals surface area (Å²) in [7, 11) is 0. The van der Waals surface area contributed by atoms with Gasteiger partial charge in [0, 0.05) is 24.8 Å². The van der Waals surface area contributed by atoms with Crippen LogP contribution in [-0.4, -0.2) is 24.5 Å². The summed E-state index contributed by atoms with van der Waals surface area (Å²) in [5.74, 6) is 0.683. The fraction of sp³-hybridized carbons (Fsp3) is 0. The van der Waals surface area contributed by atoms with Gasteiger partial charge >= 0.3 is 0 Å². The van der Waals surface area contributed by atoms with Gasteiger partial charge in [0.05, 0.1) is 6.33 Å². The third-order valence-corrected chi connectivity index (χ3v) is 1.84. The molecule has 4 nitrogen and oxygen atoms in total.